The lowest BCUT2D eigenvalue weighted by Crippen LogP contribution is -3.14. The summed E-state index contributed by atoms with van der Waals surface area (Å²) in [7, 11) is 0. The third-order valence-corrected chi connectivity index (χ3v) is 5.37. The number of benzene rings is 1. The van der Waals surface area contributed by atoms with Gasteiger partial charge in [-0.3, -0.25) is 0 Å². The van der Waals surface area contributed by atoms with Crippen molar-refractivity contribution in [2.75, 3.05) is 44.7 Å². The maximum absolute atomic E-state index is 5.46. The van der Waals surface area contributed by atoms with E-state index in [0.717, 1.165) is 80.7 Å². The van der Waals surface area contributed by atoms with Crippen molar-refractivity contribution < 1.29 is 9.64 Å². The van der Waals surface area contributed by atoms with E-state index in [2.05, 4.69) is 49.5 Å². The predicted octanol–water partition coefficient (Wildman–Crippen LogP) is 1.98. The third-order valence-electron chi connectivity index (χ3n) is 5.37. The van der Waals surface area contributed by atoms with Crippen LogP contribution < -0.4 is 10.2 Å². The van der Waals surface area contributed by atoms with E-state index in [4.69, 9.17) is 14.8 Å². The van der Waals surface area contributed by atoms with Crippen molar-refractivity contribution in [1.82, 2.24) is 14.6 Å². The third kappa shape index (κ3) is 4.03. The molecule has 0 saturated carbocycles. The summed E-state index contributed by atoms with van der Waals surface area (Å²) in [6, 6.07) is 12.6. The van der Waals surface area contributed by atoms with Crippen molar-refractivity contribution in [3.8, 4) is 11.1 Å². The Morgan fingerprint density at radius 3 is 2.71 bits per heavy atom. The fraction of sp³-hybridized carbons (Fsp3) is 0.455. The molecule has 148 valence electrons. The summed E-state index contributed by atoms with van der Waals surface area (Å²) in [5.74, 6) is 1.03. The van der Waals surface area contributed by atoms with Crippen molar-refractivity contribution in [3.63, 3.8) is 0 Å². The van der Waals surface area contributed by atoms with Crippen LogP contribution in [0.5, 0.6) is 0 Å². The van der Waals surface area contributed by atoms with Crippen LogP contribution in [0.3, 0.4) is 0 Å². The van der Waals surface area contributed by atoms with Crippen molar-refractivity contribution in [3.05, 3.63) is 47.8 Å². The lowest BCUT2D eigenvalue weighted by molar-refractivity contribution is -0.906. The SMILES string of the molecule is CCCc1cc(NCC[NH+]2CCOCC2)n2nc(C)c(-c3ccccc3)c2n1. The second-order valence-corrected chi connectivity index (χ2v) is 7.48. The van der Waals surface area contributed by atoms with Gasteiger partial charge in [0, 0.05) is 17.3 Å². The second-order valence-electron chi connectivity index (χ2n) is 7.48. The maximum Gasteiger partial charge on any atom is 0.165 e. The number of nitrogens with one attached hydrogen (secondary N) is 2. The summed E-state index contributed by atoms with van der Waals surface area (Å²) in [5, 5.41) is 8.45. The van der Waals surface area contributed by atoms with Gasteiger partial charge in [-0.1, -0.05) is 43.7 Å². The van der Waals surface area contributed by atoms with Crippen LogP contribution in [0.25, 0.3) is 16.8 Å². The van der Waals surface area contributed by atoms with Crippen LogP contribution in [0.4, 0.5) is 5.82 Å². The van der Waals surface area contributed by atoms with Gasteiger partial charge in [-0.05, 0) is 18.9 Å². The molecular formula is C22H30N5O+. The van der Waals surface area contributed by atoms with Gasteiger partial charge in [0.1, 0.15) is 18.9 Å². The van der Waals surface area contributed by atoms with Crippen LogP contribution in [0.1, 0.15) is 24.7 Å². The average Bonchev–Trinajstić information content (AvgIpc) is 3.06. The number of morpholine rings is 1. The number of fused-ring (bicyclic) bond motifs is 1. The van der Waals surface area contributed by atoms with Crippen LogP contribution in [0.2, 0.25) is 0 Å². The normalized spacial score (nSPS) is 15.2. The Labute approximate surface area is 166 Å². The molecule has 0 radical (unpaired) electrons. The molecule has 0 bridgehead atoms. The van der Waals surface area contributed by atoms with Gasteiger partial charge in [0.15, 0.2) is 5.65 Å². The van der Waals surface area contributed by atoms with E-state index in [-0.39, 0.29) is 0 Å². The molecule has 0 amide bonds. The minimum absolute atomic E-state index is 0.869. The fourth-order valence-electron chi connectivity index (χ4n) is 3.90. The number of quaternary nitrogens is 1. The molecule has 28 heavy (non-hydrogen) atoms. The van der Waals surface area contributed by atoms with Crippen molar-refractivity contribution >= 4 is 11.5 Å². The highest BCUT2D eigenvalue weighted by Crippen LogP contribution is 2.29. The summed E-state index contributed by atoms with van der Waals surface area (Å²) in [6.45, 7) is 10.2. The molecule has 6 nitrogen and oxygen atoms in total. The van der Waals surface area contributed by atoms with E-state index in [0.29, 0.717) is 0 Å². The quantitative estimate of drug-likeness (QED) is 0.658. The number of anilines is 1. The van der Waals surface area contributed by atoms with Gasteiger partial charge in [-0.2, -0.15) is 9.61 Å². The Balaban J connectivity index is 1.65. The van der Waals surface area contributed by atoms with Crippen molar-refractivity contribution in [1.29, 1.82) is 0 Å². The van der Waals surface area contributed by atoms with E-state index >= 15 is 0 Å². The monoisotopic (exact) mass is 380 g/mol. The molecule has 6 heteroatoms. The van der Waals surface area contributed by atoms with Crippen LogP contribution in [0.15, 0.2) is 36.4 Å². The highest BCUT2D eigenvalue weighted by molar-refractivity contribution is 5.80. The molecule has 3 heterocycles. The molecule has 1 saturated heterocycles. The number of aromatic nitrogens is 3. The molecule has 1 aliphatic rings. The van der Waals surface area contributed by atoms with Crippen LogP contribution in [-0.4, -0.2) is 54.0 Å². The number of aryl methyl sites for hydroxylation is 2. The summed E-state index contributed by atoms with van der Waals surface area (Å²) in [5.41, 5.74) is 5.36. The number of ether oxygens (including phenoxy) is 1. The first-order valence-corrected chi connectivity index (χ1v) is 10.4. The van der Waals surface area contributed by atoms with Crippen molar-refractivity contribution in [2.45, 2.75) is 26.7 Å². The first kappa shape index (κ1) is 18.9. The Bertz CT molecular complexity index is 916. The molecule has 2 N–H and O–H groups in total. The van der Waals surface area contributed by atoms with E-state index in [1.54, 1.807) is 4.90 Å². The van der Waals surface area contributed by atoms with Gasteiger partial charge in [0.05, 0.1) is 32.0 Å². The lowest BCUT2D eigenvalue weighted by Gasteiger charge is -2.24. The number of hydrogen-bond donors (Lipinski definition) is 2. The standard InChI is InChI=1S/C22H29N5O/c1-3-7-19-16-20(23-10-11-26-12-14-28-15-13-26)27-22(24-19)21(17(2)25-27)18-8-5-4-6-9-18/h4-6,8-9,16,23H,3,7,10-15H2,1-2H3/p+1. The predicted molar refractivity (Wildman–Crippen MR) is 112 cm³/mol. The van der Waals surface area contributed by atoms with Gasteiger partial charge in [-0.15, -0.1) is 0 Å². The van der Waals surface area contributed by atoms with E-state index in [1.807, 2.05) is 10.6 Å². The molecule has 1 aromatic carbocycles. The fourth-order valence-corrected chi connectivity index (χ4v) is 3.90. The summed E-state index contributed by atoms with van der Waals surface area (Å²) in [4.78, 5) is 6.56. The van der Waals surface area contributed by atoms with Crippen LogP contribution in [0, 0.1) is 6.92 Å². The zero-order valence-corrected chi connectivity index (χ0v) is 16.9. The molecule has 3 aromatic rings. The Morgan fingerprint density at radius 1 is 1.18 bits per heavy atom. The molecule has 1 aliphatic heterocycles. The second kappa shape index (κ2) is 8.71. The Kier molecular flexibility index (Phi) is 5.88. The summed E-state index contributed by atoms with van der Waals surface area (Å²) in [6.07, 6.45) is 2.05. The first-order chi connectivity index (χ1) is 13.8. The van der Waals surface area contributed by atoms with Crippen LogP contribution >= 0.6 is 0 Å². The molecule has 0 aliphatic carbocycles. The number of nitrogens with zero attached hydrogens (tertiary/aromatic N) is 3. The number of hydrogen-bond acceptors (Lipinski definition) is 4. The summed E-state index contributed by atoms with van der Waals surface area (Å²) < 4.78 is 7.44. The summed E-state index contributed by atoms with van der Waals surface area (Å²) >= 11 is 0. The smallest absolute Gasteiger partial charge is 0.165 e. The molecule has 4 rings (SSSR count). The van der Waals surface area contributed by atoms with Gasteiger partial charge in [0.2, 0.25) is 0 Å². The maximum atomic E-state index is 5.46. The Hall–Kier alpha value is -2.44. The number of rotatable bonds is 7. The van der Waals surface area contributed by atoms with Gasteiger partial charge in [-0.25, -0.2) is 4.98 Å². The molecule has 0 unspecified atom stereocenters. The van der Waals surface area contributed by atoms with Crippen molar-refractivity contribution in [2.24, 2.45) is 0 Å². The van der Waals surface area contributed by atoms with Gasteiger partial charge >= 0.3 is 0 Å². The average molecular weight is 381 g/mol. The van der Waals surface area contributed by atoms with E-state index < -0.39 is 0 Å². The minimum Gasteiger partial charge on any atom is -0.370 e. The minimum atomic E-state index is 0.869. The van der Waals surface area contributed by atoms with E-state index in [1.165, 1.54) is 5.56 Å². The molecule has 0 spiro atoms. The molecule has 2 aromatic heterocycles. The lowest BCUT2D eigenvalue weighted by atomic mass is 10.1. The highest BCUT2D eigenvalue weighted by atomic mass is 16.5. The largest absolute Gasteiger partial charge is 0.370 e. The highest BCUT2D eigenvalue weighted by Gasteiger charge is 2.17. The molecular weight excluding hydrogens is 350 g/mol. The van der Waals surface area contributed by atoms with Gasteiger partial charge in [0.25, 0.3) is 0 Å². The van der Waals surface area contributed by atoms with Crippen LogP contribution in [-0.2, 0) is 11.2 Å². The molecule has 0 atom stereocenters. The van der Waals surface area contributed by atoms with Gasteiger partial charge < -0.3 is 15.0 Å². The zero-order chi connectivity index (χ0) is 19.3. The first-order valence-electron chi connectivity index (χ1n) is 10.4. The molecule has 1 fully saturated rings. The topological polar surface area (TPSA) is 55.9 Å². The Morgan fingerprint density at radius 2 is 1.96 bits per heavy atom. The zero-order valence-electron chi connectivity index (χ0n) is 16.9. The van der Waals surface area contributed by atoms with E-state index in [9.17, 15) is 0 Å².